The SMILES string of the molecule is CC(NCCc1c(C(F)(F)F)nn(Cc2c(F)cccc2F)c1C(=O)O)C(F)F. The summed E-state index contributed by atoms with van der Waals surface area (Å²) in [6.07, 6.45) is -8.43. The van der Waals surface area contributed by atoms with Gasteiger partial charge >= 0.3 is 12.1 Å². The number of aromatic carboxylic acids is 1. The van der Waals surface area contributed by atoms with Gasteiger partial charge in [0.15, 0.2) is 11.4 Å². The van der Waals surface area contributed by atoms with Gasteiger partial charge in [-0.05, 0) is 32.0 Å². The van der Waals surface area contributed by atoms with Gasteiger partial charge in [0, 0.05) is 11.1 Å². The molecule has 0 aliphatic carbocycles. The quantitative estimate of drug-likeness (QED) is 0.631. The zero-order valence-electron chi connectivity index (χ0n) is 14.9. The summed E-state index contributed by atoms with van der Waals surface area (Å²) in [5, 5.41) is 14.9. The Kier molecular flexibility index (Phi) is 6.88. The van der Waals surface area contributed by atoms with E-state index in [1.807, 2.05) is 0 Å². The summed E-state index contributed by atoms with van der Waals surface area (Å²) in [4.78, 5) is 11.6. The van der Waals surface area contributed by atoms with Crippen LogP contribution in [-0.4, -0.2) is 39.9 Å². The van der Waals surface area contributed by atoms with Gasteiger partial charge in [-0.2, -0.15) is 18.3 Å². The number of carboxylic acids is 1. The maximum Gasteiger partial charge on any atom is 0.435 e. The molecule has 0 bridgehead atoms. The number of nitrogens with zero attached hydrogens (tertiary/aromatic N) is 2. The second-order valence-electron chi connectivity index (χ2n) is 6.16. The fourth-order valence-corrected chi connectivity index (χ4v) is 2.66. The minimum absolute atomic E-state index is 0.346. The van der Waals surface area contributed by atoms with E-state index in [0.717, 1.165) is 25.1 Å². The maximum absolute atomic E-state index is 13.8. The first-order chi connectivity index (χ1) is 13.4. The van der Waals surface area contributed by atoms with E-state index in [2.05, 4.69) is 10.4 Å². The first-order valence-electron chi connectivity index (χ1n) is 8.28. The lowest BCUT2D eigenvalue weighted by Gasteiger charge is -2.13. The normalized spacial score (nSPS) is 13.1. The molecule has 1 aromatic carbocycles. The number of hydrogen-bond donors (Lipinski definition) is 2. The summed E-state index contributed by atoms with van der Waals surface area (Å²) in [6.45, 7) is -0.184. The van der Waals surface area contributed by atoms with Crippen molar-refractivity contribution in [3.05, 3.63) is 52.3 Å². The smallest absolute Gasteiger partial charge is 0.435 e. The van der Waals surface area contributed by atoms with Crippen molar-refractivity contribution in [3.8, 4) is 0 Å². The monoisotopic (exact) mass is 427 g/mol. The number of alkyl halides is 5. The topological polar surface area (TPSA) is 67.2 Å². The van der Waals surface area contributed by atoms with Gasteiger partial charge in [-0.25, -0.2) is 22.4 Å². The Morgan fingerprint density at radius 2 is 1.79 bits per heavy atom. The number of carboxylic acid groups (broad SMARTS) is 1. The molecule has 0 radical (unpaired) electrons. The molecule has 0 amide bonds. The third-order valence-electron chi connectivity index (χ3n) is 4.11. The van der Waals surface area contributed by atoms with E-state index in [4.69, 9.17) is 0 Å². The van der Waals surface area contributed by atoms with Crippen LogP contribution in [0.5, 0.6) is 0 Å². The minimum Gasteiger partial charge on any atom is -0.477 e. The highest BCUT2D eigenvalue weighted by Crippen LogP contribution is 2.33. The molecule has 5 nitrogen and oxygen atoms in total. The Bertz CT molecular complexity index is 860. The van der Waals surface area contributed by atoms with Crippen molar-refractivity contribution in [3.63, 3.8) is 0 Å². The third-order valence-corrected chi connectivity index (χ3v) is 4.11. The number of aromatic nitrogens is 2. The Hall–Kier alpha value is -2.63. The Labute approximate surface area is 160 Å². The minimum atomic E-state index is -5.06. The number of rotatable bonds is 8. The van der Waals surface area contributed by atoms with Crippen molar-refractivity contribution in [2.75, 3.05) is 6.54 Å². The highest BCUT2D eigenvalue weighted by molar-refractivity contribution is 5.88. The van der Waals surface area contributed by atoms with Gasteiger partial charge in [0.25, 0.3) is 6.43 Å². The van der Waals surface area contributed by atoms with E-state index < -0.39 is 78.3 Å². The van der Waals surface area contributed by atoms with Crippen LogP contribution >= 0.6 is 0 Å². The van der Waals surface area contributed by atoms with Gasteiger partial charge in [-0.15, -0.1) is 0 Å². The predicted molar refractivity (Wildman–Crippen MR) is 86.8 cm³/mol. The Morgan fingerprint density at radius 1 is 1.21 bits per heavy atom. The molecule has 12 heteroatoms. The van der Waals surface area contributed by atoms with Gasteiger partial charge in [-0.3, -0.25) is 4.68 Å². The molecular formula is C17H16F7N3O2. The Balaban J connectivity index is 2.47. The predicted octanol–water partition coefficient (Wildman–Crippen LogP) is 3.71. The van der Waals surface area contributed by atoms with Crippen LogP contribution in [0.1, 0.15) is 34.2 Å². The highest BCUT2D eigenvalue weighted by Gasteiger charge is 2.40. The molecule has 160 valence electrons. The molecule has 0 aliphatic heterocycles. The van der Waals surface area contributed by atoms with E-state index in [1.54, 1.807) is 0 Å². The molecule has 0 fully saturated rings. The molecule has 1 heterocycles. The zero-order chi connectivity index (χ0) is 21.9. The number of hydrogen-bond acceptors (Lipinski definition) is 3. The number of nitrogens with one attached hydrogen (secondary N) is 1. The first kappa shape index (κ1) is 22.7. The number of halogens is 7. The fraction of sp³-hybridized carbons (Fsp3) is 0.412. The van der Waals surface area contributed by atoms with Gasteiger partial charge in [0.05, 0.1) is 12.6 Å². The van der Waals surface area contributed by atoms with Crippen molar-refractivity contribution in [1.82, 2.24) is 15.1 Å². The van der Waals surface area contributed by atoms with Gasteiger partial charge in [0.2, 0.25) is 0 Å². The number of carbonyl (C=O) groups is 1. The van der Waals surface area contributed by atoms with Gasteiger partial charge < -0.3 is 10.4 Å². The molecule has 0 saturated heterocycles. The van der Waals surface area contributed by atoms with Crippen LogP contribution in [0.15, 0.2) is 18.2 Å². The van der Waals surface area contributed by atoms with E-state index in [0.29, 0.717) is 4.68 Å². The van der Waals surface area contributed by atoms with Gasteiger partial charge in [-0.1, -0.05) is 6.07 Å². The standard InChI is InChI=1S/C17H16F7N3O2/c1-8(15(20)21)25-6-5-9-13(16(28)29)27(26-14(9)17(22,23)24)7-10-11(18)3-2-4-12(10)19/h2-4,8,15,25H,5-7H2,1H3,(H,28,29). The van der Waals surface area contributed by atoms with E-state index >= 15 is 0 Å². The largest absolute Gasteiger partial charge is 0.477 e. The van der Waals surface area contributed by atoms with Crippen LogP contribution in [0.3, 0.4) is 0 Å². The van der Waals surface area contributed by atoms with Crippen LogP contribution in [0, 0.1) is 11.6 Å². The van der Waals surface area contributed by atoms with Crippen molar-refractivity contribution in [2.45, 2.75) is 38.5 Å². The molecule has 29 heavy (non-hydrogen) atoms. The van der Waals surface area contributed by atoms with Gasteiger partial charge in [0.1, 0.15) is 11.6 Å². The van der Waals surface area contributed by atoms with Crippen molar-refractivity contribution in [2.24, 2.45) is 0 Å². The van der Waals surface area contributed by atoms with E-state index in [1.165, 1.54) is 0 Å². The highest BCUT2D eigenvalue weighted by atomic mass is 19.4. The Morgan fingerprint density at radius 3 is 2.28 bits per heavy atom. The lowest BCUT2D eigenvalue weighted by atomic mass is 10.1. The lowest BCUT2D eigenvalue weighted by molar-refractivity contribution is -0.142. The van der Waals surface area contributed by atoms with E-state index in [9.17, 15) is 40.6 Å². The summed E-state index contributed by atoms with van der Waals surface area (Å²) >= 11 is 0. The second kappa shape index (κ2) is 8.80. The first-order valence-corrected chi connectivity index (χ1v) is 8.28. The molecule has 2 rings (SSSR count). The average molecular weight is 427 g/mol. The lowest BCUT2D eigenvalue weighted by Crippen LogP contribution is -2.34. The fourth-order valence-electron chi connectivity index (χ4n) is 2.66. The van der Waals surface area contributed by atoms with Crippen molar-refractivity contribution in [1.29, 1.82) is 0 Å². The van der Waals surface area contributed by atoms with Crippen LogP contribution in [0.2, 0.25) is 0 Å². The molecule has 1 aromatic heterocycles. The van der Waals surface area contributed by atoms with Crippen LogP contribution in [-0.2, 0) is 19.1 Å². The van der Waals surface area contributed by atoms with Crippen molar-refractivity contribution >= 4 is 5.97 Å². The summed E-state index contributed by atoms with van der Waals surface area (Å²) in [6, 6.07) is 1.44. The molecule has 1 atom stereocenters. The zero-order valence-corrected chi connectivity index (χ0v) is 14.9. The molecular weight excluding hydrogens is 411 g/mol. The second-order valence-corrected chi connectivity index (χ2v) is 6.16. The molecule has 2 N–H and O–H groups in total. The summed E-state index contributed by atoms with van der Waals surface area (Å²) < 4.78 is 93.2. The maximum atomic E-state index is 13.8. The molecule has 1 unspecified atom stereocenters. The molecule has 0 aliphatic rings. The number of benzene rings is 1. The average Bonchev–Trinajstić information content (AvgIpc) is 2.97. The molecule has 2 aromatic rings. The van der Waals surface area contributed by atoms with Crippen molar-refractivity contribution < 1.29 is 40.6 Å². The molecule has 0 saturated carbocycles. The van der Waals surface area contributed by atoms with Crippen LogP contribution < -0.4 is 5.32 Å². The van der Waals surface area contributed by atoms with Crippen LogP contribution in [0.4, 0.5) is 30.7 Å². The third kappa shape index (κ3) is 5.25. The van der Waals surface area contributed by atoms with Crippen LogP contribution in [0.25, 0.3) is 0 Å². The summed E-state index contributed by atoms with van der Waals surface area (Å²) in [5.74, 6) is -3.97. The summed E-state index contributed by atoms with van der Waals surface area (Å²) in [7, 11) is 0. The van der Waals surface area contributed by atoms with E-state index in [-0.39, 0.29) is 0 Å². The summed E-state index contributed by atoms with van der Waals surface area (Å²) in [5.41, 5.74) is -3.91. The molecule has 0 spiro atoms.